The molecule has 88 valence electrons. The van der Waals surface area contributed by atoms with E-state index in [1.165, 1.54) is 5.56 Å². The molecule has 0 N–H and O–H groups in total. The lowest BCUT2D eigenvalue weighted by Crippen LogP contribution is -2.46. The molecule has 1 aromatic rings. The number of hydrogen-bond donors (Lipinski definition) is 0. The highest BCUT2D eigenvalue weighted by atomic mass is 16.7. The van der Waals surface area contributed by atoms with E-state index in [1.54, 1.807) is 0 Å². The molecule has 3 rings (SSSR count). The SMILES string of the molecule is N#CCCC1(c2ccc3c(c2)OCO3)COC1. The van der Waals surface area contributed by atoms with Crippen LogP contribution in [0.15, 0.2) is 18.2 Å². The molecular weight excluding hydrogens is 218 g/mol. The van der Waals surface area contributed by atoms with Crippen LogP contribution in [-0.4, -0.2) is 20.0 Å². The molecule has 0 radical (unpaired) electrons. The second kappa shape index (κ2) is 3.94. The van der Waals surface area contributed by atoms with Gasteiger partial charge in [-0.1, -0.05) is 6.07 Å². The number of rotatable bonds is 3. The highest BCUT2D eigenvalue weighted by Crippen LogP contribution is 2.41. The lowest BCUT2D eigenvalue weighted by Gasteiger charge is -2.41. The molecule has 1 aromatic carbocycles. The summed E-state index contributed by atoms with van der Waals surface area (Å²) in [4.78, 5) is 0. The van der Waals surface area contributed by atoms with Gasteiger partial charge in [-0.15, -0.1) is 0 Å². The summed E-state index contributed by atoms with van der Waals surface area (Å²) >= 11 is 0. The zero-order valence-electron chi connectivity index (χ0n) is 9.44. The van der Waals surface area contributed by atoms with Crippen LogP contribution in [0.4, 0.5) is 0 Å². The summed E-state index contributed by atoms with van der Waals surface area (Å²) in [6, 6.07) is 8.20. The van der Waals surface area contributed by atoms with Crippen molar-refractivity contribution in [1.82, 2.24) is 0 Å². The Kier molecular flexibility index (Phi) is 2.41. The van der Waals surface area contributed by atoms with Crippen LogP contribution in [0.2, 0.25) is 0 Å². The van der Waals surface area contributed by atoms with Crippen LogP contribution in [0.5, 0.6) is 11.5 Å². The van der Waals surface area contributed by atoms with Gasteiger partial charge < -0.3 is 14.2 Å². The molecule has 0 saturated carbocycles. The van der Waals surface area contributed by atoms with E-state index in [1.807, 2.05) is 18.2 Å². The first-order valence-electron chi connectivity index (χ1n) is 5.69. The number of benzene rings is 1. The van der Waals surface area contributed by atoms with E-state index in [-0.39, 0.29) is 5.41 Å². The van der Waals surface area contributed by atoms with Gasteiger partial charge in [0.15, 0.2) is 11.5 Å². The van der Waals surface area contributed by atoms with Gasteiger partial charge in [-0.3, -0.25) is 0 Å². The van der Waals surface area contributed by atoms with Crippen molar-refractivity contribution in [2.45, 2.75) is 18.3 Å². The van der Waals surface area contributed by atoms with Gasteiger partial charge in [-0.25, -0.2) is 0 Å². The maximum atomic E-state index is 8.72. The molecule has 1 fully saturated rings. The fraction of sp³-hybridized carbons (Fsp3) is 0.462. The van der Waals surface area contributed by atoms with E-state index < -0.39 is 0 Å². The van der Waals surface area contributed by atoms with Gasteiger partial charge >= 0.3 is 0 Å². The van der Waals surface area contributed by atoms with E-state index >= 15 is 0 Å². The Morgan fingerprint density at radius 2 is 2.06 bits per heavy atom. The number of ether oxygens (including phenoxy) is 3. The van der Waals surface area contributed by atoms with Crippen LogP contribution in [0.3, 0.4) is 0 Å². The van der Waals surface area contributed by atoms with E-state index in [0.717, 1.165) is 17.9 Å². The zero-order valence-corrected chi connectivity index (χ0v) is 9.44. The summed E-state index contributed by atoms with van der Waals surface area (Å²) < 4.78 is 16.0. The number of fused-ring (bicyclic) bond motifs is 1. The average Bonchev–Trinajstić information content (AvgIpc) is 2.75. The van der Waals surface area contributed by atoms with Crippen molar-refractivity contribution in [1.29, 1.82) is 5.26 Å². The Morgan fingerprint density at radius 3 is 2.76 bits per heavy atom. The average molecular weight is 231 g/mol. The molecular formula is C13H13NO3. The molecule has 0 atom stereocenters. The quantitative estimate of drug-likeness (QED) is 0.798. The van der Waals surface area contributed by atoms with Gasteiger partial charge in [0, 0.05) is 11.8 Å². The summed E-state index contributed by atoms with van der Waals surface area (Å²) in [5.74, 6) is 1.59. The summed E-state index contributed by atoms with van der Waals surface area (Å²) in [7, 11) is 0. The normalized spacial score (nSPS) is 19.5. The molecule has 0 unspecified atom stereocenters. The predicted octanol–water partition coefficient (Wildman–Crippen LogP) is 1.99. The minimum absolute atomic E-state index is 0.00326. The highest BCUT2D eigenvalue weighted by molar-refractivity contribution is 5.47. The van der Waals surface area contributed by atoms with Crippen molar-refractivity contribution in [2.24, 2.45) is 0 Å². The van der Waals surface area contributed by atoms with Crippen LogP contribution in [0.25, 0.3) is 0 Å². The van der Waals surface area contributed by atoms with Crippen LogP contribution < -0.4 is 9.47 Å². The minimum atomic E-state index is -0.00326. The predicted molar refractivity (Wildman–Crippen MR) is 59.9 cm³/mol. The lowest BCUT2D eigenvalue weighted by molar-refractivity contribution is -0.0637. The van der Waals surface area contributed by atoms with Gasteiger partial charge in [0.1, 0.15) is 0 Å². The van der Waals surface area contributed by atoms with Crippen molar-refractivity contribution < 1.29 is 14.2 Å². The van der Waals surface area contributed by atoms with Crippen LogP contribution in [0, 0.1) is 11.3 Å². The van der Waals surface area contributed by atoms with Crippen molar-refractivity contribution in [3.8, 4) is 17.6 Å². The van der Waals surface area contributed by atoms with E-state index in [4.69, 9.17) is 19.5 Å². The molecule has 0 aromatic heterocycles. The lowest BCUT2D eigenvalue weighted by atomic mass is 9.75. The summed E-state index contributed by atoms with van der Waals surface area (Å²) in [5.41, 5.74) is 1.18. The Morgan fingerprint density at radius 1 is 1.24 bits per heavy atom. The van der Waals surface area contributed by atoms with Crippen molar-refractivity contribution >= 4 is 0 Å². The number of hydrogen-bond acceptors (Lipinski definition) is 4. The third kappa shape index (κ3) is 1.63. The fourth-order valence-electron chi connectivity index (χ4n) is 2.33. The Hall–Kier alpha value is -1.73. The zero-order chi connectivity index (χ0) is 11.7. The first-order valence-corrected chi connectivity index (χ1v) is 5.69. The highest BCUT2D eigenvalue weighted by Gasteiger charge is 2.40. The van der Waals surface area contributed by atoms with Crippen molar-refractivity contribution in [3.05, 3.63) is 23.8 Å². The van der Waals surface area contributed by atoms with Gasteiger partial charge in [0.2, 0.25) is 6.79 Å². The molecule has 4 heteroatoms. The smallest absolute Gasteiger partial charge is 0.231 e. The Balaban J connectivity index is 1.89. The maximum Gasteiger partial charge on any atom is 0.231 e. The van der Waals surface area contributed by atoms with Gasteiger partial charge in [-0.2, -0.15) is 5.26 Å². The first-order chi connectivity index (χ1) is 8.34. The van der Waals surface area contributed by atoms with Crippen LogP contribution in [0.1, 0.15) is 18.4 Å². The summed E-state index contributed by atoms with van der Waals surface area (Å²) in [5, 5.41) is 8.72. The molecule has 0 amide bonds. The van der Waals surface area contributed by atoms with Gasteiger partial charge in [0.05, 0.1) is 19.3 Å². The van der Waals surface area contributed by atoms with Crippen molar-refractivity contribution in [2.75, 3.05) is 20.0 Å². The van der Waals surface area contributed by atoms with Crippen LogP contribution >= 0.6 is 0 Å². The largest absolute Gasteiger partial charge is 0.454 e. The summed E-state index contributed by atoms with van der Waals surface area (Å²) in [6.45, 7) is 1.67. The van der Waals surface area contributed by atoms with Gasteiger partial charge in [-0.05, 0) is 24.1 Å². The van der Waals surface area contributed by atoms with Crippen LogP contribution in [-0.2, 0) is 10.2 Å². The third-order valence-electron chi connectivity index (χ3n) is 3.46. The molecule has 2 aliphatic heterocycles. The third-order valence-corrected chi connectivity index (χ3v) is 3.46. The molecule has 2 heterocycles. The molecule has 4 nitrogen and oxygen atoms in total. The Bertz CT molecular complexity index is 474. The molecule has 17 heavy (non-hydrogen) atoms. The first kappa shape index (κ1) is 10.4. The minimum Gasteiger partial charge on any atom is -0.454 e. The monoisotopic (exact) mass is 231 g/mol. The van der Waals surface area contributed by atoms with E-state index in [2.05, 4.69) is 6.07 Å². The van der Waals surface area contributed by atoms with E-state index in [9.17, 15) is 0 Å². The van der Waals surface area contributed by atoms with Gasteiger partial charge in [0.25, 0.3) is 0 Å². The van der Waals surface area contributed by atoms with E-state index in [0.29, 0.717) is 26.4 Å². The molecule has 0 bridgehead atoms. The van der Waals surface area contributed by atoms with Crippen molar-refractivity contribution in [3.63, 3.8) is 0 Å². The molecule has 1 saturated heterocycles. The Labute approximate surface area is 99.7 Å². The molecule has 2 aliphatic rings. The number of nitriles is 1. The fourth-order valence-corrected chi connectivity index (χ4v) is 2.33. The second-order valence-corrected chi connectivity index (χ2v) is 4.50. The topological polar surface area (TPSA) is 51.5 Å². The number of nitrogens with zero attached hydrogens (tertiary/aromatic N) is 1. The molecule has 0 aliphatic carbocycles. The molecule has 0 spiro atoms. The maximum absolute atomic E-state index is 8.72. The second-order valence-electron chi connectivity index (χ2n) is 4.50. The summed E-state index contributed by atoms with van der Waals surface area (Å²) in [6.07, 6.45) is 1.39. The standard InChI is InChI=1S/C13H13NO3/c14-5-1-4-13(7-15-8-13)10-2-3-11-12(6-10)17-9-16-11/h2-3,6H,1,4,7-9H2.